The second kappa shape index (κ2) is 5.81. The first-order valence-corrected chi connectivity index (χ1v) is 9.33. The molecule has 120 valence electrons. The standard InChI is InChI=1S/C18H25BrN2O/c1-20-8-4-16(5-9-20)21-10-6-18(7-11-21)13-14-12-15(19)2-3-17(14)22-18/h2-3,12,16H,4-11,13H2,1H3. The molecule has 0 aliphatic carbocycles. The van der Waals surface area contributed by atoms with Crippen molar-refractivity contribution in [1.82, 2.24) is 9.80 Å². The van der Waals surface area contributed by atoms with E-state index in [0.717, 1.165) is 22.7 Å². The van der Waals surface area contributed by atoms with Gasteiger partial charge in [0.05, 0.1) is 0 Å². The molecule has 1 spiro atoms. The van der Waals surface area contributed by atoms with E-state index in [1.165, 1.54) is 57.4 Å². The van der Waals surface area contributed by atoms with Crippen molar-refractivity contribution in [3.8, 4) is 5.75 Å². The zero-order chi connectivity index (χ0) is 15.2. The maximum absolute atomic E-state index is 6.39. The first-order chi connectivity index (χ1) is 10.6. The SMILES string of the molecule is CN1CCC(N2CCC3(CC2)Cc2cc(Br)ccc2O3)CC1. The van der Waals surface area contributed by atoms with Crippen molar-refractivity contribution < 1.29 is 4.74 Å². The number of piperidine rings is 2. The molecule has 22 heavy (non-hydrogen) atoms. The van der Waals surface area contributed by atoms with Gasteiger partial charge in [-0.05, 0) is 56.7 Å². The number of fused-ring (bicyclic) bond motifs is 1. The third-order valence-electron chi connectivity index (χ3n) is 5.78. The van der Waals surface area contributed by atoms with Crippen molar-refractivity contribution in [2.24, 2.45) is 0 Å². The summed E-state index contributed by atoms with van der Waals surface area (Å²) in [7, 11) is 2.24. The third kappa shape index (κ3) is 2.81. The topological polar surface area (TPSA) is 15.7 Å². The minimum atomic E-state index is 0.0745. The second-order valence-electron chi connectivity index (χ2n) is 7.28. The van der Waals surface area contributed by atoms with Crippen LogP contribution in [0.5, 0.6) is 5.75 Å². The van der Waals surface area contributed by atoms with E-state index in [4.69, 9.17) is 4.74 Å². The summed E-state index contributed by atoms with van der Waals surface area (Å²) >= 11 is 3.58. The lowest BCUT2D eigenvalue weighted by atomic mass is 9.86. The molecule has 0 radical (unpaired) electrons. The number of rotatable bonds is 1. The Balaban J connectivity index is 1.38. The zero-order valence-corrected chi connectivity index (χ0v) is 14.9. The van der Waals surface area contributed by atoms with Crippen LogP contribution >= 0.6 is 15.9 Å². The number of ether oxygens (including phenoxy) is 1. The van der Waals surface area contributed by atoms with E-state index in [-0.39, 0.29) is 5.60 Å². The van der Waals surface area contributed by atoms with Crippen LogP contribution < -0.4 is 4.74 Å². The minimum Gasteiger partial charge on any atom is -0.487 e. The number of hydrogen-bond acceptors (Lipinski definition) is 3. The normalized spacial score (nSPS) is 26.1. The highest BCUT2D eigenvalue weighted by atomic mass is 79.9. The van der Waals surface area contributed by atoms with Crippen molar-refractivity contribution in [2.75, 3.05) is 33.2 Å². The lowest BCUT2D eigenvalue weighted by Gasteiger charge is -2.44. The molecular weight excluding hydrogens is 340 g/mol. The summed E-state index contributed by atoms with van der Waals surface area (Å²) in [5, 5.41) is 0. The summed E-state index contributed by atoms with van der Waals surface area (Å²) in [6.45, 7) is 4.90. The number of halogens is 1. The highest BCUT2D eigenvalue weighted by Crippen LogP contribution is 2.42. The van der Waals surface area contributed by atoms with E-state index in [9.17, 15) is 0 Å². The Bertz CT molecular complexity index is 546. The summed E-state index contributed by atoms with van der Waals surface area (Å²) in [6, 6.07) is 7.24. The number of hydrogen-bond donors (Lipinski definition) is 0. The highest BCUT2D eigenvalue weighted by Gasteiger charge is 2.43. The van der Waals surface area contributed by atoms with Crippen molar-refractivity contribution in [3.63, 3.8) is 0 Å². The van der Waals surface area contributed by atoms with Gasteiger partial charge in [-0.3, -0.25) is 4.90 Å². The molecule has 2 fully saturated rings. The monoisotopic (exact) mass is 364 g/mol. The van der Waals surface area contributed by atoms with Crippen LogP contribution in [0.1, 0.15) is 31.2 Å². The van der Waals surface area contributed by atoms with Gasteiger partial charge in [0, 0.05) is 42.9 Å². The van der Waals surface area contributed by atoms with Crippen LogP contribution in [0.25, 0.3) is 0 Å². The van der Waals surface area contributed by atoms with Crippen LogP contribution in [0, 0.1) is 0 Å². The highest BCUT2D eigenvalue weighted by molar-refractivity contribution is 9.10. The summed E-state index contributed by atoms with van der Waals surface area (Å²) in [5.74, 6) is 1.11. The van der Waals surface area contributed by atoms with E-state index >= 15 is 0 Å². The van der Waals surface area contributed by atoms with Gasteiger partial charge >= 0.3 is 0 Å². The van der Waals surface area contributed by atoms with Gasteiger partial charge in [0.15, 0.2) is 0 Å². The van der Waals surface area contributed by atoms with Crippen molar-refractivity contribution in [1.29, 1.82) is 0 Å². The predicted molar refractivity (Wildman–Crippen MR) is 92.5 cm³/mol. The van der Waals surface area contributed by atoms with Crippen LogP contribution in [-0.2, 0) is 6.42 Å². The van der Waals surface area contributed by atoms with E-state index in [0.29, 0.717) is 0 Å². The summed E-state index contributed by atoms with van der Waals surface area (Å²) in [5.41, 5.74) is 1.45. The van der Waals surface area contributed by atoms with Gasteiger partial charge in [0.2, 0.25) is 0 Å². The number of likely N-dealkylation sites (tertiary alicyclic amines) is 2. The fourth-order valence-corrected chi connectivity index (χ4v) is 4.75. The Morgan fingerprint density at radius 3 is 2.59 bits per heavy atom. The average Bonchev–Trinajstić information content (AvgIpc) is 2.86. The largest absolute Gasteiger partial charge is 0.487 e. The Labute approximate surface area is 141 Å². The maximum atomic E-state index is 6.39. The fourth-order valence-electron chi connectivity index (χ4n) is 4.34. The maximum Gasteiger partial charge on any atom is 0.123 e. The van der Waals surface area contributed by atoms with Crippen LogP contribution in [0.2, 0.25) is 0 Å². The molecule has 0 amide bonds. The Morgan fingerprint density at radius 2 is 1.86 bits per heavy atom. The predicted octanol–water partition coefficient (Wildman–Crippen LogP) is 3.31. The lowest BCUT2D eigenvalue weighted by molar-refractivity contribution is -0.00401. The van der Waals surface area contributed by atoms with Gasteiger partial charge in [-0.1, -0.05) is 15.9 Å². The van der Waals surface area contributed by atoms with E-state index in [2.05, 4.69) is 51.0 Å². The van der Waals surface area contributed by atoms with E-state index < -0.39 is 0 Å². The van der Waals surface area contributed by atoms with E-state index in [1.54, 1.807) is 0 Å². The van der Waals surface area contributed by atoms with Gasteiger partial charge in [-0.25, -0.2) is 0 Å². The molecule has 3 aliphatic heterocycles. The summed E-state index contributed by atoms with van der Waals surface area (Å²) < 4.78 is 7.55. The van der Waals surface area contributed by atoms with Crippen molar-refractivity contribution in [2.45, 2.75) is 43.7 Å². The lowest BCUT2D eigenvalue weighted by Crippen LogP contribution is -2.52. The summed E-state index contributed by atoms with van der Waals surface area (Å²) in [6.07, 6.45) is 6.09. The molecular formula is C18H25BrN2O. The van der Waals surface area contributed by atoms with Crippen LogP contribution in [0.4, 0.5) is 0 Å². The number of benzene rings is 1. The van der Waals surface area contributed by atoms with Crippen LogP contribution in [-0.4, -0.2) is 54.7 Å². The molecule has 0 unspecified atom stereocenters. The molecule has 4 rings (SSSR count). The molecule has 3 aliphatic rings. The van der Waals surface area contributed by atoms with Gasteiger partial charge in [-0.2, -0.15) is 0 Å². The molecule has 0 bridgehead atoms. The smallest absolute Gasteiger partial charge is 0.123 e. The Morgan fingerprint density at radius 1 is 1.14 bits per heavy atom. The molecule has 2 saturated heterocycles. The second-order valence-corrected chi connectivity index (χ2v) is 8.20. The third-order valence-corrected chi connectivity index (χ3v) is 6.27. The van der Waals surface area contributed by atoms with E-state index in [1.807, 2.05) is 0 Å². The molecule has 1 aromatic carbocycles. The Kier molecular flexibility index (Phi) is 3.95. The molecule has 3 heterocycles. The molecule has 0 saturated carbocycles. The molecule has 0 N–H and O–H groups in total. The van der Waals surface area contributed by atoms with Gasteiger partial charge in [-0.15, -0.1) is 0 Å². The minimum absolute atomic E-state index is 0.0745. The first-order valence-electron chi connectivity index (χ1n) is 8.54. The molecule has 0 atom stereocenters. The Hall–Kier alpha value is -0.580. The molecule has 1 aromatic rings. The van der Waals surface area contributed by atoms with Gasteiger partial charge < -0.3 is 9.64 Å². The average molecular weight is 365 g/mol. The zero-order valence-electron chi connectivity index (χ0n) is 13.4. The van der Waals surface area contributed by atoms with Crippen LogP contribution in [0.3, 0.4) is 0 Å². The summed E-state index contributed by atoms with van der Waals surface area (Å²) in [4.78, 5) is 5.18. The quantitative estimate of drug-likeness (QED) is 0.760. The molecule has 3 nitrogen and oxygen atoms in total. The van der Waals surface area contributed by atoms with Gasteiger partial charge in [0.25, 0.3) is 0 Å². The van der Waals surface area contributed by atoms with Crippen molar-refractivity contribution in [3.05, 3.63) is 28.2 Å². The van der Waals surface area contributed by atoms with Gasteiger partial charge in [0.1, 0.15) is 11.4 Å². The fraction of sp³-hybridized carbons (Fsp3) is 0.667. The van der Waals surface area contributed by atoms with Crippen molar-refractivity contribution >= 4 is 15.9 Å². The number of nitrogens with zero attached hydrogens (tertiary/aromatic N) is 2. The molecule has 4 heteroatoms. The first kappa shape index (κ1) is 15.0. The van der Waals surface area contributed by atoms with Crippen LogP contribution in [0.15, 0.2) is 22.7 Å². The molecule has 0 aromatic heterocycles.